The van der Waals surface area contributed by atoms with Gasteiger partial charge < -0.3 is 5.32 Å². The molecule has 0 unspecified atom stereocenters. The molecule has 2 aromatic carbocycles. The largest absolute Gasteiger partial charge is 0.327 e. The summed E-state index contributed by atoms with van der Waals surface area (Å²) in [5.74, 6) is -0.604. The molecule has 1 saturated heterocycles. The van der Waals surface area contributed by atoms with Crippen molar-refractivity contribution in [3.63, 3.8) is 0 Å². The highest BCUT2D eigenvalue weighted by Gasteiger charge is 2.31. The Labute approximate surface area is 126 Å². The van der Waals surface area contributed by atoms with Gasteiger partial charge in [-0.1, -0.05) is 30.3 Å². The molecule has 0 spiro atoms. The van der Waals surface area contributed by atoms with Crippen molar-refractivity contribution in [1.82, 2.24) is 5.32 Å². The van der Waals surface area contributed by atoms with Gasteiger partial charge in [-0.15, -0.1) is 0 Å². The molecule has 104 valence electrons. The van der Waals surface area contributed by atoms with Gasteiger partial charge in [-0.2, -0.15) is 0 Å². The van der Waals surface area contributed by atoms with Crippen LogP contribution in [0.1, 0.15) is 5.56 Å². The number of halogens is 1. The molecule has 5 heteroatoms. The van der Waals surface area contributed by atoms with Gasteiger partial charge in [0, 0.05) is 0 Å². The molecule has 0 radical (unpaired) electrons. The molecular formula is C16H11FN2OS. The Hall–Kier alpha value is -2.53. The van der Waals surface area contributed by atoms with Crippen molar-refractivity contribution in [3.05, 3.63) is 71.7 Å². The maximum Gasteiger partial charge on any atom is 0.281 e. The second-order valence-electron chi connectivity index (χ2n) is 4.52. The minimum atomic E-state index is -0.350. The van der Waals surface area contributed by atoms with Gasteiger partial charge in [-0.05, 0) is 48.1 Å². The third-order valence-corrected chi connectivity index (χ3v) is 3.34. The second-order valence-corrected chi connectivity index (χ2v) is 4.91. The number of hydrogen-bond donors (Lipinski definition) is 1. The molecule has 1 fully saturated rings. The van der Waals surface area contributed by atoms with Crippen molar-refractivity contribution in [2.24, 2.45) is 0 Å². The molecule has 3 nitrogen and oxygen atoms in total. The van der Waals surface area contributed by atoms with Crippen LogP contribution in [-0.4, -0.2) is 11.0 Å². The molecule has 0 aromatic heterocycles. The maximum absolute atomic E-state index is 13.2. The Kier molecular flexibility index (Phi) is 3.50. The van der Waals surface area contributed by atoms with Crippen molar-refractivity contribution in [2.45, 2.75) is 0 Å². The molecule has 3 rings (SSSR count). The lowest BCUT2D eigenvalue weighted by atomic mass is 10.2. The number of carbonyl (C=O) groups is 1. The molecule has 2 aromatic rings. The number of thiocarbonyl (C=S) groups is 1. The first-order chi connectivity index (χ1) is 10.1. The van der Waals surface area contributed by atoms with Gasteiger partial charge in [0.1, 0.15) is 11.5 Å². The van der Waals surface area contributed by atoms with Crippen molar-refractivity contribution >= 4 is 35.0 Å². The second kappa shape index (κ2) is 5.46. The molecule has 1 N–H and O–H groups in total. The van der Waals surface area contributed by atoms with Gasteiger partial charge in [0.05, 0.1) is 5.69 Å². The third-order valence-electron chi connectivity index (χ3n) is 3.05. The van der Waals surface area contributed by atoms with Crippen LogP contribution < -0.4 is 10.2 Å². The number of para-hydroxylation sites is 1. The average Bonchev–Trinajstić information content (AvgIpc) is 2.74. The number of amides is 1. The quantitative estimate of drug-likeness (QED) is 0.683. The van der Waals surface area contributed by atoms with Gasteiger partial charge in [0.15, 0.2) is 5.11 Å². The zero-order valence-corrected chi connectivity index (χ0v) is 11.7. The van der Waals surface area contributed by atoms with Gasteiger partial charge in [-0.3, -0.25) is 9.69 Å². The Bertz CT molecular complexity index is 743. The van der Waals surface area contributed by atoms with E-state index in [1.807, 2.05) is 18.2 Å². The summed E-state index contributed by atoms with van der Waals surface area (Å²) in [6.07, 6.45) is 1.58. The standard InChI is InChI=1S/C16H11FN2OS/c17-12-6-4-5-11(9-12)10-14-15(20)19(16(21)18-14)13-7-2-1-3-8-13/h1-10H,(H,18,21)/b14-10+. The van der Waals surface area contributed by atoms with E-state index < -0.39 is 0 Å². The molecule has 0 aliphatic carbocycles. The molecule has 1 amide bonds. The summed E-state index contributed by atoms with van der Waals surface area (Å²) in [6, 6.07) is 15.2. The predicted octanol–water partition coefficient (Wildman–Crippen LogP) is 3.09. The molecule has 1 aliphatic rings. The number of nitrogens with zero attached hydrogens (tertiary/aromatic N) is 1. The van der Waals surface area contributed by atoms with Crippen molar-refractivity contribution < 1.29 is 9.18 Å². The first kappa shape index (κ1) is 13.5. The van der Waals surface area contributed by atoms with Gasteiger partial charge in [-0.25, -0.2) is 4.39 Å². The minimum Gasteiger partial charge on any atom is -0.327 e. The summed E-state index contributed by atoms with van der Waals surface area (Å²) >= 11 is 5.20. The molecule has 1 heterocycles. The average molecular weight is 298 g/mol. The number of benzene rings is 2. The zero-order chi connectivity index (χ0) is 14.8. The monoisotopic (exact) mass is 298 g/mol. The lowest BCUT2D eigenvalue weighted by Gasteiger charge is -2.13. The lowest BCUT2D eigenvalue weighted by molar-refractivity contribution is -0.113. The van der Waals surface area contributed by atoms with Crippen molar-refractivity contribution in [3.8, 4) is 0 Å². The fraction of sp³-hybridized carbons (Fsp3) is 0. The summed E-state index contributed by atoms with van der Waals surface area (Å²) in [7, 11) is 0. The van der Waals surface area contributed by atoms with E-state index in [0.29, 0.717) is 22.1 Å². The highest BCUT2D eigenvalue weighted by molar-refractivity contribution is 7.80. The van der Waals surface area contributed by atoms with E-state index in [4.69, 9.17) is 12.2 Å². The van der Waals surface area contributed by atoms with E-state index in [1.165, 1.54) is 17.0 Å². The van der Waals surface area contributed by atoms with Crippen LogP contribution in [0.15, 0.2) is 60.3 Å². The summed E-state index contributed by atoms with van der Waals surface area (Å²) in [5.41, 5.74) is 1.63. The van der Waals surface area contributed by atoms with E-state index in [9.17, 15) is 9.18 Å². The number of nitrogens with one attached hydrogen (secondary N) is 1. The van der Waals surface area contributed by atoms with Gasteiger partial charge in [0.2, 0.25) is 0 Å². The Balaban J connectivity index is 1.94. The van der Waals surface area contributed by atoms with Crippen LogP contribution in [0.4, 0.5) is 10.1 Å². The van der Waals surface area contributed by atoms with Crippen LogP contribution in [0, 0.1) is 5.82 Å². The van der Waals surface area contributed by atoms with E-state index in [-0.39, 0.29) is 11.7 Å². The molecule has 0 bridgehead atoms. The third kappa shape index (κ3) is 2.68. The van der Waals surface area contributed by atoms with E-state index in [0.717, 1.165) is 0 Å². The number of hydrogen-bond acceptors (Lipinski definition) is 2. The lowest BCUT2D eigenvalue weighted by Crippen LogP contribution is -2.30. The molecule has 1 aliphatic heterocycles. The summed E-state index contributed by atoms with van der Waals surface area (Å²) in [4.78, 5) is 13.8. The Morgan fingerprint density at radius 3 is 2.57 bits per heavy atom. The fourth-order valence-electron chi connectivity index (χ4n) is 2.11. The predicted molar refractivity (Wildman–Crippen MR) is 84.0 cm³/mol. The van der Waals surface area contributed by atoms with Crippen LogP contribution >= 0.6 is 12.2 Å². The van der Waals surface area contributed by atoms with Crippen LogP contribution in [-0.2, 0) is 4.79 Å². The number of anilines is 1. The molecule has 21 heavy (non-hydrogen) atoms. The Morgan fingerprint density at radius 1 is 1.10 bits per heavy atom. The Morgan fingerprint density at radius 2 is 1.86 bits per heavy atom. The van der Waals surface area contributed by atoms with Gasteiger partial charge in [0.25, 0.3) is 5.91 Å². The normalized spacial score (nSPS) is 16.4. The highest BCUT2D eigenvalue weighted by atomic mass is 32.1. The minimum absolute atomic E-state index is 0.254. The topological polar surface area (TPSA) is 32.3 Å². The van der Waals surface area contributed by atoms with E-state index >= 15 is 0 Å². The summed E-state index contributed by atoms with van der Waals surface area (Å²) in [6.45, 7) is 0. The van der Waals surface area contributed by atoms with Gasteiger partial charge >= 0.3 is 0 Å². The molecular weight excluding hydrogens is 287 g/mol. The van der Waals surface area contributed by atoms with Crippen molar-refractivity contribution in [1.29, 1.82) is 0 Å². The van der Waals surface area contributed by atoms with Crippen LogP contribution in [0.25, 0.3) is 6.08 Å². The van der Waals surface area contributed by atoms with Crippen molar-refractivity contribution in [2.75, 3.05) is 4.90 Å². The summed E-state index contributed by atoms with van der Waals surface area (Å²) in [5, 5.41) is 3.18. The number of rotatable bonds is 2. The number of carbonyl (C=O) groups excluding carboxylic acids is 1. The van der Waals surface area contributed by atoms with Crippen LogP contribution in [0.5, 0.6) is 0 Å². The summed E-state index contributed by atoms with van der Waals surface area (Å²) < 4.78 is 13.2. The maximum atomic E-state index is 13.2. The van der Waals surface area contributed by atoms with Crippen LogP contribution in [0.2, 0.25) is 0 Å². The molecule has 0 saturated carbocycles. The fourth-order valence-corrected chi connectivity index (χ4v) is 2.41. The van der Waals surface area contributed by atoms with E-state index in [1.54, 1.807) is 30.3 Å². The SMILES string of the molecule is O=C1/C(=C\c2cccc(F)c2)NC(=S)N1c1ccccc1. The highest BCUT2D eigenvalue weighted by Crippen LogP contribution is 2.22. The first-order valence-corrected chi connectivity index (χ1v) is 6.74. The van der Waals surface area contributed by atoms with E-state index in [2.05, 4.69) is 5.32 Å². The molecule has 0 atom stereocenters. The smallest absolute Gasteiger partial charge is 0.281 e. The first-order valence-electron chi connectivity index (χ1n) is 6.33. The zero-order valence-electron chi connectivity index (χ0n) is 10.9. The van der Waals surface area contributed by atoms with Crippen LogP contribution in [0.3, 0.4) is 0 Å².